The summed E-state index contributed by atoms with van der Waals surface area (Å²) in [4.78, 5) is 15.6. The molecule has 5 nitrogen and oxygen atoms in total. The zero-order chi connectivity index (χ0) is 12.5. The largest absolute Gasteiger partial charge is 0.285 e. The number of unbranched alkanes of at least 4 members (excludes halogenated alkanes) is 1. The lowest BCUT2D eigenvalue weighted by molar-refractivity contribution is 0.0870. The lowest BCUT2D eigenvalue weighted by Crippen LogP contribution is -2.31. The second-order valence-corrected chi connectivity index (χ2v) is 5.32. The summed E-state index contributed by atoms with van der Waals surface area (Å²) in [5.74, 6) is 1.88. The maximum Gasteiger partial charge on any atom is 0.285 e. The van der Waals surface area contributed by atoms with Gasteiger partial charge in [0.15, 0.2) is 5.03 Å². The van der Waals surface area contributed by atoms with Gasteiger partial charge in [0, 0.05) is 19.2 Å². The fourth-order valence-electron chi connectivity index (χ4n) is 1.65. The third-order valence-electron chi connectivity index (χ3n) is 2.44. The van der Waals surface area contributed by atoms with Gasteiger partial charge in [-0.05, 0) is 18.6 Å². The Bertz CT molecular complexity index is 601. The number of rotatable bonds is 3. The summed E-state index contributed by atoms with van der Waals surface area (Å²) in [6, 6.07) is 3.00. The highest BCUT2D eigenvalue weighted by molar-refractivity contribution is 7.90. The first-order chi connectivity index (χ1) is 8.09. The van der Waals surface area contributed by atoms with Crippen LogP contribution in [0.1, 0.15) is 23.2 Å². The molecule has 0 spiro atoms. The number of carbonyl (C=O) groups excluding carboxylic acids is 1. The predicted molar refractivity (Wildman–Crippen MR) is 60.5 cm³/mol. The van der Waals surface area contributed by atoms with Crippen molar-refractivity contribution in [2.24, 2.45) is 0 Å². The molecule has 1 aliphatic heterocycles. The zero-order valence-electron chi connectivity index (χ0n) is 8.96. The number of hydrogen-bond acceptors (Lipinski definition) is 4. The SMILES string of the molecule is C#CCCCN1C(=O)c2cccnc2S1(=O)=O. The maximum absolute atomic E-state index is 12.0. The van der Waals surface area contributed by atoms with Crippen LogP contribution in [-0.4, -0.2) is 30.2 Å². The van der Waals surface area contributed by atoms with Crippen molar-refractivity contribution >= 4 is 15.9 Å². The molecule has 1 amide bonds. The lowest BCUT2D eigenvalue weighted by atomic mass is 10.2. The van der Waals surface area contributed by atoms with Gasteiger partial charge in [0.05, 0.1) is 5.56 Å². The van der Waals surface area contributed by atoms with E-state index in [9.17, 15) is 13.2 Å². The van der Waals surface area contributed by atoms with Gasteiger partial charge < -0.3 is 0 Å². The molecular weight excluding hydrogens is 240 g/mol. The Labute approximate surface area is 99.5 Å². The van der Waals surface area contributed by atoms with E-state index in [1.54, 1.807) is 0 Å². The average Bonchev–Trinajstić information content (AvgIpc) is 2.51. The monoisotopic (exact) mass is 250 g/mol. The summed E-state index contributed by atoms with van der Waals surface area (Å²) < 4.78 is 24.8. The van der Waals surface area contributed by atoms with Crippen LogP contribution in [0.3, 0.4) is 0 Å². The normalized spacial score (nSPS) is 16.6. The number of sulfonamides is 1. The molecule has 1 aromatic rings. The molecule has 0 unspecified atom stereocenters. The number of fused-ring (bicyclic) bond motifs is 1. The van der Waals surface area contributed by atoms with Crippen LogP contribution in [0.4, 0.5) is 0 Å². The van der Waals surface area contributed by atoms with Gasteiger partial charge in [0.1, 0.15) is 0 Å². The number of pyridine rings is 1. The first-order valence-corrected chi connectivity index (χ1v) is 6.48. The number of aromatic nitrogens is 1. The van der Waals surface area contributed by atoms with Gasteiger partial charge in [-0.3, -0.25) is 4.79 Å². The molecule has 0 fully saturated rings. The van der Waals surface area contributed by atoms with Crippen LogP contribution in [0.5, 0.6) is 0 Å². The Morgan fingerprint density at radius 3 is 2.88 bits per heavy atom. The standard InChI is InChI=1S/C11H10N2O3S/c1-2-3-4-8-13-11(14)9-6-5-7-12-10(9)17(13,15)16/h1,5-7H,3-4,8H2. The van der Waals surface area contributed by atoms with E-state index in [0.29, 0.717) is 12.8 Å². The van der Waals surface area contributed by atoms with E-state index in [4.69, 9.17) is 6.42 Å². The van der Waals surface area contributed by atoms with Gasteiger partial charge in [-0.1, -0.05) is 0 Å². The molecule has 17 heavy (non-hydrogen) atoms. The molecule has 2 heterocycles. The molecule has 0 saturated carbocycles. The smallest absolute Gasteiger partial charge is 0.268 e. The summed E-state index contributed by atoms with van der Waals surface area (Å²) >= 11 is 0. The third-order valence-corrected chi connectivity index (χ3v) is 4.19. The van der Waals surface area contributed by atoms with E-state index in [1.165, 1.54) is 18.3 Å². The van der Waals surface area contributed by atoms with E-state index in [0.717, 1.165) is 4.31 Å². The summed E-state index contributed by atoms with van der Waals surface area (Å²) in [6.45, 7) is 0.0989. The minimum absolute atomic E-state index is 0.0989. The van der Waals surface area contributed by atoms with Gasteiger partial charge in [0.25, 0.3) is 15.9 Å². The Morgan fingerprint density at radius 2 is 2.24 bits per heavy atom. The van der Waals surface area contributed by atoms with Gasteiger partial charge in [-0.2, -0.15) is 8.42 Å². The minimum atomic E-state index is -3.77. The molecular formula is C11H10N2O3S. The molecule has 0 N–H and O–H groups in total. The second-order valence-electron chi connectivity index (χ2n) is 3.55. The molecule has 1 aromatic heterocycles. The van der Waals surface area contributed by atoms with Crippen molar-refractivity contribution in [3.05, 3.63) is 23.9 Å². The van der Waals surface area contributed by atoms with Crippen molar-refractivity contribution < 1.29 is 13.2 Å². The van der Waals surface area contributed by atoms with Crippen LogP contribution < -0.4 is 0 Å². The third kappa shape index (κ3) is 1.78. The molecule has 88 valence electrons. The second kappa shape index (κ2) is 4.18. The predicted octanol–water partition coefficient (Wildman–Crippen LogP) is 0.639. The van der Waals surface area contributed by atoms with E-state index in [-0.39, 0.29) is 17.1 Å². The number of terminal acetylenes is 1. The van der Waals surface area contributed by atoms with Gasteiger partial charge in [0.2, 0.25) is 0 Å². The van der Waals surface area contributed by atoms with Crippen molar-refractivity contribution in [2.45, 2.75) is 17.9 Å². The van der Waals surface area contributed by atoms with Crippen LogP contribution >= 0.6 is 0 Å². The molecule has 6 heteroatoms. The average molecular weight is 250 g/mol. The van der Waals surface area contributed by atoms with Crippen LogP contribution in [0, 0.1) is 12.3 Å². The maximum atomic E-state index is 12.0. The van der Waals surface area contributed by atoms with Crippen LogP contribution in [0.2, 0.25) is 0 Å². The number of carbonyl (C=O) groups is 1. The van der Waals surface area contributed by atoms with Gasteiger partial charge in [-0.25, -0.2) is 9.29 Å². The van der Waals surface area contributed by atoms with Crippen LogP contribution in [0.25, 0.3) is 0 Å². The number of amides is 1. The van der Waals surface area contributed by atoms with Crippen molar-refractivity contribution in [1.82, 2.24) is 9.29 Å². The fourth-order valence-corrected chi connectivity index (χ4v) is 3.18. The Kier molecular flexibility index (Phi) is 2.86. The quantitative estimate of drug-likeness (QED) is 0.583. The first kappa shape index (κ1) is 11.6. The topological polar surface area (TPSA) is 67.3 Å². The van der Waals surface area contributed by atoms with Crippen LogP contribution in [0.15, 0.2) is 23.4 Å². The van der Waals surface area contributed by atoms with Crippen molar-refractivity contribution in [3.8, 4) is 12.3 Å². The summed E-state index contributed by atoms with van der Waals surface area (Å²) in [6.07, 6.45) is 7.33. The van der Waals surface area contributed by atoms with Crippen molar-refractivity contribution in [2.75, 3.05) is 6.54 Å². The molecule has 0 bridgehead atoms. The van der Waals surface area contributed by atoms with E-state index in [2.05, 4.69) is 10.9 Å². The van der Waals surface area contributed by atoms with Crippen LogP contribution in [-0.2, 0) is 10.0 Å². The molecule has 1 aliphatic rings. The zero-order valence-corrected chi connectivity index (χ0v) is 9.77. The molecule has 0 saturated heterocycles. The highest BCUT2D eigenvalue weighted by atomic mass is 32.2. The van der Waals surface area contributed by atoms with Gasteiger partial charge >= 0.3 is 0 Å². The lowest BCUT2D eigenvalue weighted by Gasteiger charge is -2.13. The molecule has 2 rings (SSSR count). The summed E-state index contributed by atoms with van der Waals surface area (Å²) in [5.41, 5.74) is 0.133. The van der Waals surface area contributed by atoms with E-state index >= 15 is 0 Å². The van der Waals surface area contributed by atoms with Crippen molar-refractivity contribution in [1.29, 1.82) is 0 Å². The molecule has 0 radical (unpaired) electrons. The summed E-state index contributed by atoms with van der Waals surface area (Å²) in [7, 11) is -3.77. The Hall–Kier alpha value is -1.87. The van der Waals surface area contributed by atoms with E-state index < -0.39 is 15.9 Å². The highest BCUT2D eigenvalue weighted by Crippen LogP contribution is 2.27. The summed E-state index contributed by atoms with van der Waals surface area (Å²) in [5, 5.41) is -0.161. The fraction of sp³-hybridized carbons (Fsp3) is 0.273. The van der Waals surface area contributed by atoms with E-state index in [1.807, 2.05) is 0 Å². The number of hydrogen-bond donors (Lipinski definition) is 0. The molecule has 0 atom stereocenters. The van der Waals surface area contributed by atoms with Gasteiger partial charge in [-0.15, -0.1) is 12.3 Å². The first-order valence-electron chi connectivity index (χ1n) is 5.04. The Morgan fingerprint density at radius 1 is 1.47 bits per heavy atom. The minimum Gasteiger partial charge on any atom is -0.268 e. The number of nitrogens with zero attached hydrogens (tertiary/aromatic N) is 2. The molecule has 0 aliphatic carbocycles. The molecule has 0 aromatic carbocycles. The Balaban J connectivity index is 2.35. The highest BCUT2D eigenvalue weighted by Gasteiger charge is 2.41. The van der Waals surface area contributed by atoms with Crippen molar-refractivity contribution in [3.63, 3.8) is 0 Å².